The van der Waals surface area contributed by atoms with E-state index in [-0.39, 0.29) is 36.0 Å². The van der Waals surface area contributed by atoms with Crippen LogP contribution in [0.4, 0.5) is 0 Å². The van der Waals surface area contributed by atoms with Crippen LogP contribution in [0, 0.1) is 0 Å². The van der Waals surface area contributed by atoms with Crippen molar-refractivity contribution in [2.75, 3.05) is 13.2 Å². The van der Waals surface area contributed by atoms with Crippen molar-refractivity contribution in [3.63, 3.8) is 0 Å². The van der Waals surface area contributed by atoms with Gasteiger partial charge in [0.15, 0.2) is 0 Å². The first-order valence-electron chi connectivity index (χ1n) is 6.62. The molecule has 0 bridgehead atoms. The number of aromatic hydroxyl groups is 1. The van der Waals surface area contributed by atoms with Gasteiger partial charge in [-0.3, -0.25) is 0 Å². The van der Waals surface area contributed by atoms with Gasteiger partial charge in [0, 0.05) is 0 Å². The number of hydrogen-bond donors (Lipinski definition) is 2. The van der Waals surface area contributed by atoms with Gasteiger partial charge in [-0.1, -0.05) is 19.9 Å². The normalized spacial score (nSPS) is 12.6. The average molecular weight is 278 g/mol. The molecule has 1 heterocycles. The van der Waals surface area contributed by atoms with E-state index in [0.717, 1.165) is 0 Å². The van der Waals surface area contributed by atoms with Gasteiger partial charge in [0.25, 0.3) is 0 Å². The molecule has 1 aromatic carbocycles. The van der Waals surface area contributed by atoms with Gasteiger partial charge in [0.05, 0.1) is 12.2 Å². The summed E-state index contributed by atoms with van der Waals surface area (Å²) in [6, 6.07) is 4.93. The second kappa shape index (κ2) is 5.96. The Balaban J connectivity index is 2.70. The molecular weight excluding hydrogens is 260 g/mol. The molecule has 1 unspecified atom stereocenters. The van der Waals surface area contributed by atoms with Crippen molar-refractivity contribution in [2.45, 2.75) is 26.2 Å². The Morgan fingerprint density at radius 3 is 2.80 bits per heavy atom. The van der Waals surface area contributed by atoms with E-state index >= 15 is 0 Å². The number of aliphatic hydroxyl groups excluding tert-OH is 1. The Kier molecular flexibility index (Phi) is 4.29. The van der Waals surface area contributed by atoms with Gasteiger partial charge < -0.3 is 19.4 Å². The van der Waals surface area contributed by atoms with E-state index in [2.05, 4.69) is 0 Å². The van der Waals surface area contributed by atoms with Crippen molar-refractivity contribution < 1.29 is 19.4 Å². The summed E-state index contributed by atoms with van der Waals surface area (Å²) >= 11 is 0. The Labute approximate surface area is 116 Å². The predicted octanol–water partition coefficient (Wildman–Crippen LogP) is 2.38. The maximum absolute atomic E-state index is 12.0. The van der Waals surface area contributed by atoms with Gasteiger partial charge in [-0.25, -0.2) is 4.79 Å². The molecule has 0 aliphatic rings. The third-order valence-electron chi connectivity index (χ3n) is 3.36. The predicted molar refractivity (Wildman–Crippen MR) is 75.4 cm³/mol. The van der Waals surface area contributed by atoms with Crippen molar-refractivity contribution in [3.8, 4) is 11.5 Å². The maximum Gasteiger partial charge on any atom is 0.343 e. The van der Waals surface area contributed by atoms with Gasteiger partial charge in [-0.15, -0.1) is 0 Å². The van der Waals surface area contributed by atoms with E-state index in [4.69, 9.17) is 14.3 Å². The monoisotopic (exact) mass is 278 g/mol. The SMILES string of the molecule is CCC(C)c1c(O)c2c(OCCO)cccc2oc1=O. The number of rotatable bonds is 5. The van der Waals surface area contributed by atoms with Gasteiger partial charge >= 0.3 is 5.63 Å². The van der Waals surface area contributed by atoms with E-state index in [9.17, 15) is 9.90 Å². The smallest absolute Gasteiger partial charge is 0.343 e. The van der Waals surface area contributed by atoms with Crippen LogP contribution in [0.25, 0.3) is 11.0 Å². The number of benzene rings is 1. The zero-order valence-corrected chi connectivity index (χ0v) is 11.5. The minimum absolute atomic E-state index is 0.0980. The molecule has 1 aromatic heterocycles. The van der Waals surface area contributed by atoms with E-state index < -0.39 is 5.63 Å². The quantitative estimate of drug-likeness (QED) is 0.821. The molecule has 20 heavy (non-hydrogen) atoms. The van der Waals surface area contributed by atoms with Crippen molar-refractivity contribution in [3.05, 3.63) is 34.2 Å². The molecule has 1 atom stereocenters. The first-order chi connectivity index (χ1) is 9.60. The van der Waals surface area contributed by atoms with Crippen LogP contribution in [0.5, 0.6) is 11.5 Å². The number of hydrogen-bond acceptors (Lipinski definition) is 5. The molecule has 0 aliphatic heterocycles. The van der Waals surface area contributed by atoms with Crippen LogP contribution < -0.4 is 10.4 Å². The highest BCUT2D eigenvalue weighted by molar-refractivity contribution is 5.90. The lowest BCUT2D eigenvalue weighted by Crippen LogP contribution is -2.11. The molecular formula is C15H18O5. The Bertz CT molecular complexity index is 659. The van der Waals surface area contributed by atoms with Crippen molar-refractivity contribution >= 4 is 11.0 Å². The number of aliphatic hydroxyl groups is 1. The minimum atomic E-state index is -0.524. The van der Waals surface area contributed by atoms with Crippen LogP contribution >= 0.6 is 0 Å². The highest BCUT2D eigenvalue weighted by atomic mass is 16.5. The molecule has 2 N–H and O–H groups in total. The Morgan fingerprint density at radius 1 is 1.40 bits per heavy atom. The van der Waals surface area contributed by atoms with Crippen LogP contribution in [0.15, 0.2) is 27.4 Å². The molecule has 5 nitrogen and oxygen atoms in total. The third kappa shape index (κ3) is 2.49. The highest BCUT2D eigenvalue weighted by Crippen LogP contribution is 2.37. The van der Waals surface area contributed by atoms with Gasteiger partial charge in [0.2, 0.25) is 0 Å². The fourth-order valence-corrected chi connectivity index (χ4v) is 2.13. The van der Waals surface area contributed by atoms with Crippen LogP contribution in [-0.4, -0.2) is 23.4 Å². The standard InChI is InChI=1S/C15H18O5/c1-3-9(2)12-14(17)13-10(19-8-7-16)5-4-6-11(13)20-15(12)18/h4-6,9,16-17H,3,7-8H2,1-2H3. The Morgan fingerprint density at radius 2 is 2.15 bits per heavy atom. The van der Waals surface area contributed by atoms with Gasteiger partial charge in [0.1, 0.15) is 29.1 Å². The molecule has 0 fully saturated rings. The summed E-state index contributed by atoms with van der Waals surface area (Å²) in [5, 5.41) is 19.6. The summed E-state index contributed by atoms with van der Waals surface area (Å²) in [5.74, 6) is 0.183. The second-order valence-corrected chi connectivity index (χ2v) is 4.66. The van der Waals surface area contributed by atoms with E-state index in [1.165, 1.54) is 0 Å². The molecule has 0 amide bonds. The van der Waals surface area contributed by atoms with Gasteiger partial charge in [-0.2, -0.15) is 0 Å². The fourth-order valence-electron chi connectivity index (χ4n) is 2.13. The lowest BCUT2D eigenvalue weighted by molar-refractivity contribution is 0.202. The topological polar surface area (TPSA) is 79.9 Å². The molecule has 0 radical (unpaired) electrons. The summed E-state index contributed by atoms with van der Waals surface area (Å²) in [6.07, 6.45) is 0.712. The van der Waals surface area contributed by atoms with Crippen LogP contribution in [0.1, 0.15) is 31.7 Å². The van der Waals surface area contributed by atoms with Crippen molar-refractivity contribution in [1.82, 2.24) is 0 Å². The fraction of sp³-hybridized carbons (Fsp3) is 0.400. The van der Waals surface area contributed by atoms with Crippen molar-refractivity contribution in [2.24, 2.45) is 0 Å². The molecule has 2 rings (SSSR count). The zero-order chi connectivity index (χ0) is 14.7. The average Bonchev–Trinajstić information content (AvgIpc) is 2.44. The van der Waals surface area contributed by atoms with Crippen LogP contribution in [0.2, 0.25) is 0 Å². The summed E-state index contributed by atoms with van der Waals surface area (Å²) < 4.78 is 10.6. The molecule has 2 aromatic rings. The summed E-state index contributed by atoms with van der Waals surface area (Å²) in [5.41, 5.74) is 0.0127. The molecule has 0 spiro atoms. The minimum Gasteiger partial charge on any atom is -0.506 e. The number of ether oxygens (including phenoxy) is 1. The summed E-state index contributed by atoms with van der Waals surface area (Å²) in [7, 11) is 0. The molecule has 0 aliphatic carbocycles. The lowest BCUT2D eigenvalue weighted by atomic mass is 9.98. The zero-order valence-electron chi connectivity index (χ0n) is 11.5. The Hall–Kier alpha value is -2.01. The molecule has 5 heteroatoms. The first kappa shape index (κ1) is 14.4. The highest BCUT2D eigenvalue weighted by Gasteiger charge is 2.20. The van der Waals surface area contributed by atoms with Crippen molar-refractivity contribution in [1.29, 1.82) is 0 Å². The third-order valence-corrected chi connectivity index (χ3v) is 3.36. The summed E-state index contributed by atoms with van der Waals surface area (Å²) in [4.78, 5) is 12.0. The largest absolute Gasteiger partial charge is 0.506 e. The van der Waals surface area contributed by atoms with E-state index in [0.29, 0.717) is 17.6 Å². The maximum atomic E-state index is 12.0. The molecule has 0 saturated carbocycles. The number of fused-ring (bicyclic) bond motifs is 1. The second-order valence-electron chi connectivity index (χ2n) is 4.66. The first-order valence-corrected chi connectivity index (χ1v) is 6.62. The molecule has 108 valence electrons. The summed E-state index contributed by atoms with van der Waals surface area (Å²) in [6.45, 7) is 3.76. The van der Waals surface area contributed by atoms with Crippen LogP contribution in [-0.2, 0) is 0 Å². The van der Waals surface area contributed by atoms with Crippen LogP contribution in [0.3, 0.4) is 0 Å². The molecule has 0 saturated heterocycles. The van der Waals surface area contributed by atoms with E-state index in [1.54, 1.807) is 18.2 Å². The van der Waals surface area contributed by atoms with E-state index in [1.807, 2.05) is 13.8 Å². The lowest BCUT2D eigenvalue weighted by Gasteiger charge is -2.13. The van der Waals surface area contributed by atoms with Gasteiger partial charge in [-0.05, 0) is 24.5 Å².